The molecule has 1 amide bonds. The van der Waals surface area contributed by atoms with Crippen LogP contribution in [0.25, 0.3) is 0 Å². The van der Waals surface area contributed by atoms with Gasteiger partial charge in [0.1, 0.15) is 0 Å². The van der Waals surface area contributed by atoms with E-state index < -0.39 is 0 Å². The average Bonchev–Trinajstić information content (AvgIpc) is 2.36. The fraction of sp³-hybridized carbons (Fsp3) is 0.909. The Hall–Kier alpha value is -0.260. The van der Waals surface area contributed by atoms with Crippen LogP contribution in [0.5, 0.6) is 0 Å². The lowest BCUT2D eigenvalue weighted by atomic mass is 10.0. The number of carbonyl (C=O) groups is 1. The largest absolute Gasteiger partial charge is 0.298 e. The molecule has 1 aliphatic rings. The standard InChI is InChI=1S/C11H23N3OS/c1-4-10-7-14(5-6-16-10)9(3)8(2)11(15)13-12/h8-10H,4-7,12H2,1-3H3,(H,13,15). The van der Waals surface area contributed by atoms with Crippen LogP contribution in [0, 0.1) is 5.92 Å². The zero-order valence-electron chi connectivity index (χ0n) is 10.4. The summed E-state index contributed by atoms with van der Waals surface area (Å²) in [6, 6.07) is 0.262. The Balaban J connectivity index is 2.52. The summed E-state index contributed by atoms with van der Waals surface area (Å²) in [5.74, 6) is 6.22. The average molecular weight is 245 g/mol. The van der Waals surface area contributed by atoms with Gasteiger partial charge in [0.25, 0.3) is 0 Å². The lowest BCUT2D eigenvalue weighted by molar-refractivity contribution is -0.126. The maximum Gasteiger partial charge on any atom is 0.238 e. The third-order valence-electron chi connectivity index (χ3n) is 3.48. The number of nitrogens with one attached hydrogen (secondary N) is 1. The molecule has 3 N–H and O–H groups in total. The van der Waals surface area contributed by atoms with Crippen LogP contribution in [0.2, 0.25) is 0 Å². The zero-order chi connectivity index (χ0) is 12.1. The fourth-order valence-corrected chi connectivity index (χ4v) is 3.23. The van der Waals surface area contributed by atoms with Gasteiger partial charge in [-0.25, -0.2) is 5.84 Å². The van der Waals surface area contributed by atoms with E-state index in [1.807, 2.05) is 18.7 Å². The number of carbonyl (C=O) groups excluding carboxylic acids is 1. The molecular formula is C11H23N3OS. The number of nitrogens with two attached hydrogens (primary N) is 1. The number of hydrazine groups is 1. The maximum absolute atomic E-state index is 11.5. The van der Waals surface area contributed by atoms with Crippen molar-refractivity contribution in [1.82, 2.24) is 10.3 Å². The summed E-state index contributed by atoms with van der Waals surface area (Å²) in [6.45, 7) is 8.44. The van der Waals surface area contributed by atoms with Crippen LogP contribution in [0.15, 0.2) is 0 Å². The van der Waals surface area contributed by atoms with Gasteiger partial charge in [0.15, 0.2) is 0 Å². The van der Waals surface area contributed by atoms with E-state index in [-0.39, 0.29) is 17.9 Å². The van der Waals surface area contributed by atoms with Gasteiger partial charge in [-0.2, -0.15) is 11.8 Å². The van der Waals surface area contributed by atoms with Crippen molar-refractivity contribution in [2.45, 2.75) is 38.5 Å². The molecule has 0 aromatic carbocycles. The van der Waals surface area contributed by atoms with Gasteiger partial charge in [0.2, 0.25) is 5.91 Å². The SMILES string of the molecule is CCC1CN(C(C)C(C)C(=O)NN)CCS1. The number of amides is 1. The van der Waals surface area contributed by atoms with Gasteiger partial charge in [0.05, 0.1) is 5.92 Å². The Morgan fingerprint density at radius 1 is 1.62 bits per heavy atom. The number of hydrogen-bond acceptors (Lipinski definition) is 4. The third kappa shape index (κ3) is 3.37. The van der Waals surface area contributed by atoms with Gasteiger partial charge in [0, 0.05) is 30.1 Å². The number of hydrogen-bond donors (Lipinski definition) is 2. The van der Waals surface area contributed by atoms with Crippen molar-refractivity contribution in [3.05, 3.63) is 0 Å². The molecule has 0 aliphatic carbocycles. The Morgan fingerprint density at radius 3 is 2.88 bits per heavy atom. The predicted octanol–water partition coefficient (Wildman–Crippen LogP) is 0.828. The molecule has 0 saturated carbocycles. The molecule has 1 aliphatic heterocycles. The Bertz CT molecular complexity index is 237. The molecule has 1 heterocycles. The monoisotopic (exact) mass is 245 g/mol. The minimum atomic E-state index is -0.0706. The van der Waals surface area contributed by atoms with Crippen molar-refractivity contribution in [3.8, 4) is 0 Å². The summed E-state index contributed by atoms with van der Waals surface area (Å²) in [5, 5.41) is 0.712. The maximum atomic E-state index is 11.5. The van der Waals surface area contributed by atoms with E-state index in [1.54, 1.807) is 0 Å². The van der Waals surface area contributed by atoms with Crippen molar-refractivity contribution < 1.29 is 4.79 Å². The Labute approximate surface area is 102 Å². The van der Waals surface area contributed by atoms with Crippen molar-refractivity contribution in [2.75, 3.05) is 18.8 Å². The number of rotatable bonds is 4. The topological polar surface area (TPSA) is 58.4 Å². The molecule has 94 valence electrons. The smallest absolute Gasteiger partial charge is 0.238 e. The third-order valence-corrected chi connectivity index (χ3v) is 4.85. The normalized spacial score (nSPS) is 26.1. The molecule has 3 atom stereocenters. The molecule has 0 radical (unpaired) electrons. The molecule has 0 aromatic rings. The van der Waals surface area contributed by atoms with Crippen LogP contribution in [0.4, 0.5) is 0 Å². The van der Waals surface area contributed by atoms with Crippen LogP contribution in [0.3, 0.4) is 0 Å². The fourth-order valence-electron chi connectivity index (χ4n) is 2.03. The Kier molecular flexibility index (Phi) is 5.58. The molecule has 5 heteroatoms. The minimum absolute atomic E-state index is 0.0504. The van der Waals surface area contributed by atoms with E-state index in [1.165, 1.54) is 12.2 Å². The van der Waals surface area contributed by atoms with Gasteiger partial charge < -0.3 is 0 Å². The highest BCUT2D eigenvalue weighted by molar-refractivity contribution is 8.00. The molecule has 0 spiro atoms. The first-order valence-electron chi connectivity index (χ1n) is 5.96. The Morgan fingerprint density at radius 2 is 2.31 bits per heavy atom. The van der Waals surface area contributed by atoms with E-state index in [0.717, 1.165) is 13.1 Å². The lowest BCUT2D eigenvalue weighted by Crippen LogP contribution is -2.50. The molecule has 4 nitrogen and oxygen atoms in total. The second kappa shape index (κ2) is 6.47. The lowest BCUT2D eigenvalue weighted by Gasteiger charge is -2.38. The first-order valence-corrected chi connectivity index (χ1v) is 7.01. The summed E-state index contributed by atoms with van der Waals surface area (Å²) in [7, 11) is 0. The quantitative estimate of drug-likeness (QED) is 0.437. The van der Waals surface area contributed by atoms with Gasteiger partial charge in [-0.05, 0) is 13.3 Å². The van der Waals surface area contributed by atoms with Crippen LogP contribution in [0.1, 0.15) is 27.2 Å². The van der Waals surface area contributed by atoms with Gasteiger partial charge in [-0.15, -0.1) is 0 Å². The van der Waals surface area contributed by atoms with Gasteiger partial charge >= 0.3 is 0 Å². The van der Waals surface area contributed by atoms with Crippen LogP contribution >= 0.6 is 11.8 Å². The van der Waals surface area contributed by atoms with Gasteiger partial charge in [-0.3, -0.25) is 15.1 Å². The summed E-state index contributed by atoms with van der Waals surface area (Å²) in [6.07, 6.45) is 1.20. The second-order valence-electron chi connectivity index (χ2n) is 4.43. The van der Waals surface area contributed by atoms with Crippen LogP contribution < -0.4 is 11.3 Å². The van der Waals surface area contributed by atoms with Crippen molar-refractivity contribution in [3.63, 3.8) is 0 Å². The highest BCUT2D eigenvalue weighted by atomic mass is 32.2. The molecular weight excluding hydrogens is 222 g/mol. The zero-order valence-corrected chi connectivity index (χ0v) is 11.2. The van der Waals surface area contributed by atoms with Gasteiger partial charge in [-0.1, -0.05) is 13.8 Å². The highest BCUT2D eigenvalue weighted by Crippen LogP contribution is 2.24. The van der Waals surface area contributed by atoms with Crippen molar-refractivity contribution in [2.24, 2.45) is 11.8 Å². The predicted molar refractivity (Wildman–Crippen MR) is 69.1 cm³/mol. The van der Waals surface area contributed by atoms with E-state index in [4.69, 9.17) is 5.84 Å². The molecule has 1 fully saturated rings. The summed E-state index contributed by atoms with van der Waals surface area (Å²) in [4.78, 5) is 13.9. The van der Waals surface area contributed by atoms with E-state index in [9.17, 15) is 4.79 Å². The number of thioether (sulfide) groups is 1. The molecule has 16 heavy (non-hydrogen) atoms. The first-order chi connectivity index (χ1) is 7.60. The van der Waals surface area contributed by atoms with E-state index >= 15 is 0 Å². The summed E-state index contributed by atoms with van der Waals surface area (Å²) < 4.78 is 0. The summed E-state index contributed by atoms with van der Waals surface area (Å²) >= 11 is 2.04. The molecule has 0 aromatic heterocycles. The summed E-state index contributed by atoms with van der Waals surface area (Å²) in [5.41, 5.74) is 2.24. The molecule has 1 saturated heterocycles. The van der Waals surface area contributed by atoms with Crippen molar-refractivity contribution in [1.29, 1.82) is 0 Å². The van der Waals surface area contributed by atoms with E-state index in [2.05, 4.69) is 24.2 Å². The number of nitrogens with zero attached hydrogens (tertiary/aromatic N) is 1. The molecule has 3 unspecified atom stereocenters. The van der Waals surface area contributed by atoms with Crippen molar-refractivity contribution >= 4 is 17.7 Å². The second-order valence-corrected chi connectivity index (χ2v) is 5.84. The first kappa shape index (κ1) is 13.8. The minimum Gasteiger partial charge on any atom is -0.298 e. The molecule has 1 rings (SSSR count). The van der Waals surface area contributed by atoms with Crippen LogP contribution in [-0.4, -0.2) is 40.9 Å². The highest BCUT2D eigenvalue weighted by Gasteiger charge is 2.28. The van der Waals surface area contributed by atoms with Crippen LogP contribution in [-0.2, 0) is 4.79 Å². The molecule has 0 bridgehead atoms. The van der Waals surface area contributed by atoms with E-state index in [0.29, 0.717) is 5.25 Å².